The average Bonchev–Trinajstić information content (AvgIpc) is 3.38. The number of aromatic nitrogens is 2. The van der Waals surface area contributed by atoms with Crippen molar-refractivity contribution in [3.05, 3.63) is 101 Å². The third kappa shape index (κ3) is 6.30. The predicted octanol–water partition coefficient (Wildman–Crippen LogP) is 5.06. The number of hydrogen-bond donors (Lipinski definition) is 1. The summed E-state index contributed by atoms with van der Waals surface area (Å²) in [4.78, 5) is 21.5. The fourth-order valence-electron chi connectivity index (χ4n) is 4.53. The molecule has 4 aromatic rings. The van der Waals surface area contributed by atoms with Gasteiger partial charge in [0.05, 0.1) is 11.1 Å². The number of nitrogens with one attached hydrogen (secondary N) is 1. The third-order valence-corrected chi connectivity index (χ3v) is 6.87. The number of hydrogen-bond acceptors (Lipinski definition) is 4. The number of benzene rings is 2. The highest BCUT2D eigenvalue weighted by molar-refractivity contribution is 6.04. The van der Waals surface area contributed by atoms with Gasteiger partial charge in [0.1, 0.15) is 5.65 Å². The first-order valence-corrected chi connectivity index (χ1v) is 12.6. The van der Waals surface area contributed by atoms with E-state index in [0.717, 1.165) is 30.4 Å². The van der Waals surface area contributed by atoms with E-state index in [4.69, 9.17) is 0 Å². The molecule has 0 bridgehead atoms. The highest BCUT2D eigenvalue weighted by Crippen LogP contribution is 2.34. The fourth-order valence-corrected chi connectivity index (χ4v) is 4.53. The lowest BCUT2D eigenvalue weighted by Gasteiger charge is -2.33. The zero-order valence-electron chi connectivity index (χ0n) is 21.7. The summed E-state index contributed by atoms with van der Waals surface area (Å²) in [6.07, 6.45) is 0.896. The van der Waals surface area contributed by atoms with Crippen LogP contribution in [0.5, 0.6) is 0 Å². The van der Waals surface area contributed by atoms with Gasteiger partial charge in [-0.3, -0.25) is 9.69 Å². The number of amides is 1. The van der Waals surface area contributed by atoms with Crippen molar-refractivity contribution in [2.45, 2.75) is 19.6 Å². The summed E-state index contributed by atoms with van der Waals surface area (Å²) in [6.45, 7) is 5.15. The maximum Gasteiger partial charge on any atom is 0.416 e. The number of piperazine rings is 1. The van der Waals surface area contributed by atoms with Gasteiger partial charge in [-0.15, -0.1) is 0 Å². The first-order chi connectivity index (χ1) is 18.7. The molecule has 1 fully saturated rings. The summed E-state index contributed by atoms with van der Waals surface area (Å²) < 4.78 is 43.7. The van der Waals surface area contributed by atoms with Gasteiger partial charge in [-0.05, 0) is 61.5 Å². The van der Waals surface area contributed by atoms with Crippen LogP contribution in [0.3, 0.4) is 0 Å². The normalized spacial score (nSPS) is 14.7. The number of alkyl halides is 3. The van der Waals surface area contributed by atoms with Gasteiger partial charge in [0.2, 0.25) is 0 Å². The monoisotopic (exact) mass is 531 g/mol. The molecule has 0 radical (unpaired) electrons. The summed E-state index contributed by atoms with van der Waals surface area (Å²) in [5.41, 5.74) is 2.91. The zero-order chi connectivity index (χ0) is 27.6. The number of carbonyl (C=O) groups excluding carboxylic acids is 1. The van der Waals surface area contributed by atoms with E-state index >= 15 is 0 Å². The lowest BCUT2D eigenvalue weighted by molar-refractivity contribution is -0.138. The Balaban J connectivity index is 1.34. The molecule has 1 amide bonds. The van der Waals surface area contributed by atoms with Crippen LogP contribution >= 0.6 is 0 Å². The maximum absolute atomic E-state index is 13.9. The van der Waals surface area contributed by atoms with Gasteiger partial charge in [-0.2, -0.15) is 13.2 Å². The molecule has 6 nitrogen and oxygen atoms in total. The van der Waals surface area contributed by atoms with Crippen molar-refractivity contribution in [1.29, 1.82) is 0 Å². The van der Waals surface area contributed by atoms with Crippen LogP contribution in [0.25, 0.3) is 5.65 Å². The van der Waals surface area contributed by atoms with Crippen LogP contribution < -0.4 is 5.32 Å². The summed E-state index contributed by atoms with van der Waals surface area (Å²) in [6, 6.07) is 12.8. The Bertz CT molecular complexity index is 1570. The minimum atomic E-state index is -4.53. The molecule has 0 unspecified atom stereocenters. The number of aryl methyl sites for hydroxylation is 1. The number of halogens is 3. The molecular weight excluding hydrogens is 503 g/mol. The van der Waals surface area contributed by atoms with E-state index in [2.05, 4.69) is 27.0 Å². The smallest absolute Gasteiger partial charge is 0.322 e. The van der Waals surface area contributed by atoms with Gasteiger partial charge in [-0.1, -0.05) is 24.0 Å². The van der Waals surface area contributed by atoms with Crippen molar-refractivity contribution >= 4 is 17.2 Å². The SMILES string of the molecule is Cc1ccc(C(=O)Nc2ccc(CN3CCN(C)CC3)c(C(F)(F)F)c2)cc1C#Cc1cnc2cccn2c1. The van der Waals surface area contributed by atoms with Gasteiger partial charge < -0.3 is 14.6 Å². The number of fused-ring (bicyclic) bond motifs is 1. The molecular formula is C30H28F3N5O. The molecule has 200 valence electrons. The van der Waals surface area contributed by atoms with E-state index < -0.39 is 17.6 Å². The topological polar surface area (TPSA) is 52.9 Å². The van der Waals surface area contributed by atoms with E-state index in [1.54, 1.807) is 24.4 Å². The molecule has 0 spiro atoms. The van der Waals surface area contributed by atoms with E-state index in [1.165, 1.54) is 12.1 Å². The third-order valence-electron chi connectivity index (χ3n) is 6.87. The summed E-state index contributed by atoms with van der Waals surface area (Å²) in [5, 5.41) is 2.62. The molecule has 0 aliphatic carbocycles. The molecule has 1 saturated heterocycles. The van der Waals surface area contributed by atoms with Crippen molar-refractivity contribution < 1.29 is 18.0 Å². The van der Waals surface area contributed by atoms with Crippen molar-refractivity contribution in [2.75, 3.05) is 38.5 Å². The molecule has 0 atom stereocenters. The summed E-state index contributed by atoms with van der Waals surface area (Å²) in [7, 11) is 2.00. The van der Waals surface area contributed by atoms with Crippen molar-refractivity contribution in [1.82, 2.24) is 19.2 Å². The molecule has 39 heavy (non-hydrogen) atoms. The second-order valence-electron chi connectivity index (χ2n) is 9.80. The summed E-state index contributed by atoms with van der Waals surface area (Å²) in [5.74, 6) is 5.65. The van der Waals surface area contributed by atoms with Gasteiger partial charge in [0, 0.05) is 68.1 Å². The van der Waals surface area contributed by atoms with Crippen LogP contribution in [0.15, 0.2) is 67.1 Å². The Morgan fingerprint density at radius 3 is 2.62 bits per heavy atom. The molecule has 2 aromatic carbocycles. The predicted molar refractivity (Wildman–Crippen MR) is 145 cm³/mol. The second-order valence-corrected chi connectivity index (χ2v) is 9.80. The lowest BCUT2D eigenvalue weighted by Crippen LogP contribution is -2.44. The Kier molecular flexibility index (Phi) is 7.42. The van der Waals surface area contributed by atoms with E-state index in [0.29, 0.717) is 29.8 Å². The molecule has 1 aliphatic heterocycles. The van der Waals surface area contributed by atoms with Crippen molar-refractivity contribution in [3.8, 4) is 11.8 Å². The molecule has 9 heteroatoms. The molecule has 3 heterocycles. The molecule has 0 saturated carbocycles. The first kappa shape index (κ1) is 26.5. The molecule has 1 N–H and O–H groups in total. The number of anilines is 1. The maximum atomic E-state index is 13.9. The van der Waals surface area contributed by atoms with Gasteiger partial charge in [0.25, 0.3) is 5.91 Å². The van der Waals surface area contributed by atoms with Gasteiger partial charge in [0.15, 0.2) is 0 Å². The summed E-state index contributed by atoms with van der Waals surface area (Å²) >= 11 is 0. The van der Waals surface area contributed by atoms with Crippen LogP contribution in [0.2, 0.25) is 0 Å². The number of likely N-dealkylation sites (N-methyl/N-ethyl adjacent to an activating group) is 1. The quantitative estimate of drug-likeness (QED) is 0.374. The van der Waals surface area contributed by atoms with Crippen LogP contribution in [0.1, 0.15) is 38.2 Å². The van der Waals surface area contributed by atoms with Crippen molar-refractivity contribution in [2.24, 2.45) is 0 Å². The standard InChI is InChI=1S/C30H28F3N5O/c1-21-5-7-24(16-23(21)8-6-22-18-34-28-4-3-11-38(28)19-22)29(39)35-26-10-9-25(27(17-26)30(31,32)33)20-37-14-12-36(2)13-15-37/h3-5,7,9-11,16-19H,12-15,20H2,1-2H3,(H,35,39). The number of carbonyl (C=O) groups is 1. The molecule has 5 rings (SSSR count). The Labute approximate surface area is 225 Å². The van der Waals surface area contributed by atoms with Crippen LogP contribution in [-0.4, -0.2) is 58.3 Å². The number of nitrogens with zero attached hydrogens (tertiary/aromatic N) is 4. The Morgan fingerprint density at radius 2 is 1.85 bits per heavy atom. The minimum absolute atomic E-state index is 0.0914. The van der Waals surface area contributed by atoms with Gasteiger partial charge in [-0.25, -0.2) is 4.98 Å². The minimum Gasteiger partial charge on any atom is -0.322 e. The molecule has 2 aromatic heterocycles. The van der Waals surface area contributed by atoms with Crippen molar-refractivity contribution in [3.63, 3.8) is 0 Å². The van der Waals surface area contributed by atoms with Crippen LogP contribution in [0.4, 0.5) is 18.9 Å². The Hall–Kier alpha value is -4.13. The second kappa shape index (κ2) is 10.9. The number of rotatable bonds is 4. The lowest BCUT2D eigenvalue weighted by atomic mass is 10.0. The zero-order valence-corrected chi connectivity index (χ0v) is 21.7. The van der Waals surface area contributed by atoms with E-state index in [-0.39, 0.29) is 17.8 Å². The van der Waals surface area contributed by atoms with Crippen LogP contribution in [-0.2, 0) is 12.7 Å². The van der Waals surface area contributed by atoms with E-state index in [1.807, 2.05) is 47.8 Å². The Morgan fingerprint density at radius 1 is 1.05 bits per heavy atom. The molecule has 1 aliphatic rings. The largest absolute Gasteiger partial charge is 0.416 e. The average molecular weight is 532 g/mol. The van der Waals surface area contributed by atoms with Crippen LogP contribution in [0, 0.1) is 18.8 Å². The highest BCUT2D eigenvalue weighted by atomic mass is 19.4. The first-order valence-electron chi connectivity index (χ1n) is 12.6. The van der Waals surface area contributed by atoms with E-state index in [9.17, 15) is 18.0 Å². The van der Waals surface area contributed by atoms with Gasteiger partial charge >= 0.3 is 6.18 Å². The fraction of sp³-hybridized carbons (Fsp3) is 0.267. The highest BCUT2D eigenvalue weighted by Gasteiger charge is 2.34.